The van der Waals surface area contributed by atoms with Gasteiger partial charge in [0, 0.05) is 32.4 Å². The Labute approximate surface area is 149 Å². The molecule has 26 heavy (non-hydrogen) atoms. The van der Waals surface area contributed by atoms with E-state index in [1.54, 1.807) is 35.4 Å². The van der Waals surface area contributed by atoms with Gasteiger partial charge in [-0.2, -0.15) is 0 Å². The molecule has 1 fully saturated rings. The van der Waals surface area contributed by atoms with Crippen LogP contribution in [0.3, 0.4) is 0 Å². The molecule has 0 unspecified atom stereocenters. The number of rotatable bonds is 3. The summed E-state index contributed by atoms with van der Waals surface area (Å²) >= 11 is 0. The van der Waals surface area contributed by atoms with Gasteiger partial charge in [0.2, 0.25) is 5.91 Å². The fourth-order valence-electron chi connectivity index (χ4n) is 3.08. The van der Waals surface area contributed by atoms with Crippen LogP contribution in [0.1, 0.15) is 0 Å². The summed E-state index contributed by atoms with van der Waals surface area (Å²) in [7, 11) is 0. The predicted molar refractivity (Wildman–Crippen MR) is 96.8 cm³/mol. The highest BCUT2D eigenvalue weighted by Crippen LogP contribution is 2.12. The van der Waals surface area contributed by atoms with Gasteiger partial charge in [-0.1, -0.05) is 23.4 Å². The quantitative estimate of drug-likeness (QED) is 0.685. The molecule has 1 aromatic carbocycles. The van der Waals surface area contributed by atoms with Crippen molar-refractivity contribution < 1.29 is 4.79 Å². The zero-order valence-electron chi connectivity index (χ0n) is 14.2. The van der Waals surface area contributed by atoms with Crippen molar-refractivity contribution in [1.82, 2.24) is 24.9 Å². The van der Waals surface area contributed by atoms with E-state index >= 15 is 0 Å². The third-order valence-corrected chi connectivity index (χ3v) is 4.52. The van der Waals surface area contributed by atoms with Gasteiger partial charge >= 0.3 is 0 Å². The molecule has 0 aliphatic carbocycles. The molecule has 0 saturated carbocycles. The van der Waals surface area contributed by atoms with Gasteiger partial charge in [0.1, 0.15) is 17.9 Å². The van der Waals surface area contributed by atoms with Crippen molar-refractivity contribution in [3.8, 4) is 0 Å². The summed E-state index contributed by atoms with van der Waals surface area (Å²) in [4.78, 5) is 33.3. The van der Waals surface area contributed by atoms with Crippen LogP contribution in [0.2, 0.25) is 0 Å². The highest BCUT2D eigenvalue weighted by atomic mass is 16.2. The van der Waals surface area contributed by atoms with Crippen molar-refractivity contribution in [3.63, 3.8) is 0 Å². The Morgan fingerprint density at radius 3 is 2.54 bits per heavy atom. The smallest absolute Gasteiger partial charge is 0.278 e. The molecule has 3 aromatic rings. The maximum atomic E-state index is 12.6. The summed E-state index contributed by atoms with van der Waals surface area (Å²) in [5, 5.41) is 8.38. The Hall–Kier alpha value is -3.29. The van der Waals surface area contributed by atoms with Crippen LogP contribution in [-0.2, 0) is 11.3 Å². The van der Waals surface area contributed by atoms with Crippen LogP contribution in [0, 0.1) is 0 Å². The highest BCUT2D eigenvalue weighted by molar-refractivity contribution is 5.78. The van der Waals surface area contributed by atoms with Crippen LogP contribution < -0.4 is 10.5 Å². The number of pyridine rings is 1. The molecule has 8 heteroatoms. The lowest BCUT2D eigenvalue weighted by Crippen LogP contribution is -2.50. The third kappa shape index (κ3) is 3.13. The largest absolute Gasteiger partial charge is 0.353 e. The van der Waals surface area contributed by atoms with Crippen molar-refractivity contribution in [1.29, 1.82) is 0 Å². The Balaban J connectivity index is 1.43. The minimum absolute atomic E-state index is 0.0970. The first-order chi connectivity index (χ1) is 12.7. The molecule has 1 saturated heterocycles. The van der Waals surface area contributed by atoms with E-state index in [2.05, 4.69) is 20.2 Å². The number of hydrogen-bond acceptors (Lipinski definition) is 6. The number of amides is 1. The second-order valence-electron chi connectivity index (χ2n) is 6.13. The maximum absolute atomic E-state index is 12.6. The third-order valence-electron chi connectivity index (χ3n) is 4.52. The normalized spacial score (nSPS) is 14.6. The molecule has 8 nitrogen and oxygen atoms in total. The summed E-state index contributed by atoms with van der Waals surface area (Å²) in [6, 6.07) is 12.8. The minimum Gasteiger partial charge on any atom is -0.353 e. The van der Waals surface area contributed by atoms with E-state index in [1.165, 1.54) is 0 Å². The summed E-state index contributed by atoms with van der Waals surface area (Å²) in [5.74, 6) is 0.786. The zero-order chi connectivity index (χ0) is 17.9. The summed E-state index contributed by atoms with van der Waals surface area (Å²) in [5.41, 5.74) is 0.237. The molecule has 0 spiro atoms. The number of carbonyl (C=O) groups is 1. The van der Waals surface area contributed by atoms with Crippen LogP contribution in [0.4, 0.5) is 5.82 Å². The van der Waals surface area contributed by atoms with Crippen molar-refractivity contribution in [2.75, 3.05) is 31.1 Å². The minimum atomic E-state index is -0.295. The first-order valence-electron chi connectivity index (χ1n) is 8.49. The molecular weight excluding hydrogens is 332 g/mol. The number of anilines is 1. The van der Waals surface area contributed by atoms with Gasteiger partial charge in [-0.3, -0.25) is 9.59 Å². The molecule has 1 aliphatic heterocycles. The standard InChI is InChI=1S/C18H18N6O2/c25-17(13-24-18(26)14-5-1-2-6-15(14)20-21-24)23-11-9-22(10-12-23)16-7-3-4-8-19-16/h1-8H,9-13H2. The molecule has 1 amide bonds. The van der Waals surface area contributed by atoms with Crippen molar-refractivity contribution in [2.45, 2.75) is 6.54 Å². The Kier molecular flexibility index (Phi) is 4.30. The topological polar surface area (TPSA) is 84.2 Å². The monoisotopic (exact) mass is 350 g/mol. The molecule has 0 radical (unpaired) electrons. The second-order valence-corrected chi connectivity index (χ2v) is 6.13. The van der Waals surface area contributed by atoms with Gasteiger partial charge in [0.25, 0.3) is 5.56 Å². The lowest BCUT2D eigenvalue weighted by Gasteiger charge is -2.35. The predicted octanol–water partition coefficient (Wildman–Crippen LogP) is 0.535. The fourth-order valence-corrected chi connectivity index (χ4v) is 3.08. The van der Waals surface area contributed by atoms with E-state index in [-0.39, 0.29) is 18.0 Å². The number of carbonyl (C=O) groups excluding carboxylic acids is 1. The zero-order valence-corrected chi connectivity index (χ0v) is 14.2. The van der Waals surface area contributed by atoms with Gasteiger partial charge in [0.15, 0.2) is 0 Å². The lowest BCUT2D eigenvalue weighted by molar-refractivity contribution is -0.132. The van der Waals surface area contributed by atoms with Gasteiger partial charge in [-0.05, 0) is 24.3 Å². The maximum Gasteiger partial charge on any atom is 0.278 e. The molecule has 0 bridgehead atoms. The van der Waals surface area contributed by atoms with Crippen molar-refractivity contribution >= 4 is 22.6 Å². The van der Waals surface area contributed by atoms with Gasteiger partial charge < -0.3 is 9.80 Å². The molecule has 2 aromatic heterocycles. The number of nitrogens with zero attached hydrogens (tertiary/aromatic N) is 6. The van der Waals surface area contributed by atoms with E-state index < -0.39 is 0 Å². The molecule has 0 atom stereocenters. The van der Waals surface area contributed by atoms with Crippen LogP contribution in [0.25, 0.3) is 10.9 Å². The lowest BCUT2D eigenvalue weighted by atomic mass is 10.2. The van der Waals surface area contributed by atoms with E-state index in [1.807, 2.05) is 18.2 Å². The molecule has 132 valence electrons. The Morgan fingerprint density at radius 1 is 1.00 bits per heavy atom. The molecule has 1 aliphatic rings. The summed E-state index contributed by atoms with van der Waals surface area (Å²) in [6.45, 7) is 2.50. The average Bonchev–Trinajstić information content (AvgIpc) is 2.71. The van der Waals surface area contributed by atoms with E-state index in [9.17, 15) is 9.59 Å². The fraction of sp³-hybridized carbons (Fsp3) is 0.278. The molecular formula is C18H18N6O2. The molecule has 0 N–H and O–H groups in total. The van der Waals surface area contributed by atoms with Crippen LogP contribution in [0.5, 0.6) is 0 Å². The number of benzene rings is 1. The van der Waals surface area contributed by atoms with Gasteiger partial charge in [-0.25, -0.2) is 9.67 Å². The van der Waals surface area contributed by atoms with Gasteiger partial charge in [-0.15, -0.1) is 5.10 Å². The summed E-state index contributed by atoms with van der Waals surface area (Å²) in [6.07, 6.45) is 1.76. The Morgan fingerprint density at radius 2 is 1.77 bits per heavy atom. The number of hydrogen-bond donors (Lipinski definition) is 0. The van der Waals surface area contributed by atoms with Crippen LogP contribution in [-0.4, -0.2) is 57.0 Å². The summed E-state index contributed by atoms with van der Waals surface area (Å²) < 4.78 is 1.13. The number of piperazine rings is 1. The SMILES string of the molecule is O=C(Cn1nnc2ccccc2c1=O)N1CCN(c2ccccn2)CC1. The van der Waals surface area contributed by atoms with Crippen LogP contribution >= 0.6 is 0 Å². The first-order valence-corrected chi connectivity index (χ1v) is 8.49. The van der Waals surface area contributed by atoms with E-state index in [0.29, 0.717) is 37.1 Å². The highest BCUT2D eigenvalue weighted by Gasteiger charge is 2.22. The molecule has 4 rings (SSSR count). The van der Waals surface area contributed by atoms with Crippen molar-refractivity contribution in [2.24, 2.45) is 0 Å². The van der Waals surface area contributed by atoms with Gasteiger partial charge in [0.05, 0.1) is 5.39 Å². The second kappa shape index (κ2) is 6.91. The molecule has 3 heterocycles. The Bertz CT molecular complexity index is 980. The van der Waals surface area contributed by atoms with E-state index in [0.717, 1.165) is 10.5 Å². The van der Waals surface area contributed by atoms with Crippen LogP contribution in [0.15, 0.2) is 53.5 Å². The first kappa shape index (κ1) is 16.2. The average molecular weight is 350 g/mol. The van der Waals surface area contributed by atoms with E-state index in [4.69, 9.17) is 0 Å². The number of aromatic nitrogens is 4. The number of fused-ring (bicyclic) bond motifs is 1. The van der Waals surface area contributed by atoms with Crippen molar-refractivity contribution in [3.05, 3.63) is 59.0 Å².